The molecule has 0 radical (unpaired) electrons. The first-order valence-corrected chi connectivity index (χ1v) is 2.95. The summed E-state index contributed by atoms with van der Waals surface area (Å²) in [6, 6.07) is 0. The largest absolute Gasteiger partial charge is 0.277 e. The predicted molar refractivity (Wildman–Crippen MR) is 36.4 cm³/mol. The van der Waals surface area contributed by atoms with Gasteiger partial charge in [-0.25, -0.2) is 0 Å². The molecule has 8 heavy (non-hydrogen) atoms. The Kier molecular flexibility index (Phi) is 1.48. The number of halogens is 1. The summed E-state index contributed by atoms with van der Waals surface area (Å²) < 4.78 is 0.951. The molecule has 0 spiro atoms. The molecule has 0 aliphatic heterocycles. The van der Waals surface area contributed by atoms with E-state index in [9.17, 15) is 0 Å². The van der Waals surface area contributed by atoms with Gasteiger partial charge >= 0.3 is 0 Å². The standard InChI is InChI=1S/C5H5BrN2/c1-2-5-4(6)3-7-8-5/h2-3H,1H2,(H,7,8). The zero-order chi connectivity index (χ0) is 5.98. The van der Waals surface area contributed by atoms with Crippen LogP contribution in [0.4, 0.5) is 0 Å². The fourth-order valence-electron chi connectivity index (χ4n) is 0.425. The molecule has 42 valence electrons. The number of aromatic nitrogens is 2. The summed E-state index contributed by atoms with van der Waals surface area (Å²) in [5.74, 6) is 0. The number of aromatic amines is 1. The molecule has 0 unspecified atom stereocenters. The molecule has 0 saturated heterocycles. The van der Waals surface area contributed by atoms with E-state index in [-0.39, 0.29) is 0 Å². The summed E-state index contributed by atoms with van der Waals surface area (Å²) >= 11 is 3.26. The average Bonchev–Trinajstić information content (AvgIpc) is 2.14. The van der Waals surface area contributed by atoms with Gasteiger partial charge in [-0.1, -0.05) is 6.58 Å². The minimum atomic E-state index is 0.921. The number of nitrogens with zero attached hydrogens (tertiary/aromatic N) is 1. The van der Waals surface area contributed by atoms with Crippen molar-refractivity contribution in [2.75, 3.05) is 0 Å². The highest BCUT2D eigenvalue weighted by Gasteiger charge is 1.92. The van der Waals surface area contributed by atoms with E-state index in [1.165, 1.54) is 0 Å². The molecule has 0 bridgehead atoms. The van der Waals surface area contributed by atoms with Crippen molar-refractivity contribution in [3.05, 3.63) is 22.9 Å². The third-order valence-corrected chi connectivity index (χ3v) is 1.46. The summed E-state index contributed by atoms with van der Waals surface area (Å²) in [5.41, 5.74) is 0.921. The predicted octanol–water partition coefficient (Wildman–Crippen LogP) is 1.82. The van der Waals surface area contributed by atoms with Crippen LogP contribution in [-0.4, -0.2) is 10.2 Å². The Hall–Kier alpha value is -0.570. The number of nitrogens with one attached hydrogen (secondary N) is 1. The molecule has 0 aliphatic rings. The Labute approximate surface area is 55.7 Å². The Morgan fingerprint density at radius 3 is 2.88 bits per heavy atom. The summed E-state index contributed by atoms with van der Waals surface area (Å²) in [4.78, 5) is 0. The fraction of sp³-hybridized carbons (Fsp3) is 0. The lowest BCUT2D eigenvalue weighted by Crippen LogP contribution is -1.68. The summed E-state index contributed by atoms with van der Waals surface area (Å²) in [6.07, 6.45) is 3.40. The van der Waals surface area contributed by atoms with Crippen LogP contribution >= 0.6 is 15.9 Å². The lowest BCUT2D eigenvalue weighted by Gasteiger charge is -1.79. The van der Waals surface area contributed by atoms with Gasteiger partial charge < -0.3 is 0 Å². The van der Waals surface area contributed by atoms with Crippen molar-refractivity contribution in [2.24, 2.45) is 0 Å². The second kappa shape index (κ2) is 2.13. The number of H-pyrrole nitrogens is 1. The first-order valence-electron chi connectivity index (χ1n) is 2.16. The molecule has 3 heteroatoms. The van der Waals surface area contributed by atoms with E-state index in [4.69, 9.17) is 0 Å². The Morgan fingerprint density at radius 2 is 2.62 bits per heavy atom. The van der Waals surface area contributed by atoms with Gasteiger partial charge in [0.05, 0.1) is 16.4 Å². The molecular formula is C5H5BrN2. The first kappa shape index (κ1) is 5.56. The molecule has 0 fully saturated rings. The highest BCUT2D eigenvalue weighted by Crippen LogP contribution is 2.12. The van der Waals surface area contributed by atoms with Crippen molar-refractivity contribution in [3.63, 3.8) is 0 Å². The van der Waals surface area contributed by atoms with Gasteiger partial charge in [0.2, 0.25) is 0 Å². The molecule has 0 amide bonds. The van der Waals surface area contributed by atoms with E-state index >= 15 is 0 Å². The number of hydrogen-bond donors (Lipinski definition) is 1. The second-order valence-electron chi connectivity index (χ2n) is 1.34. The molecule has 1 N–H and O–H groups in total. The van der Waals surface area contributed by atoms with Crippen LogP contribution in [0.3, 0.4) is 0 Å². The third-order valence-electron chi connectivity index (χ3n) is 0.824. The molecular weight excluding hydrogens is 168 g/mol. The highest BCUT2D eigenvalue weighted by atomic mass is 79.9. The maximum atomic E-state index is 3.75. The molecule has 1 heterocycles. The lowest BCUT2D eigenvalue weighted by molar-refractivity contribution is 1.08. The van der Waals surface area contributed by atoms with Crippen LogP contribution < -0.4 is 0 Å². The van der Waals surface area contributed by atoms with Crippen molar-refractivity contribution in [1.82, 2.24) is 10.2 Å². The normalized spacial score (nSPS) is 9.12. The monoisotopic (exact) mass is 172 g/mol. The molecule has 2 nitrogen and oxygen atoms in total. The van der Waals surface area contributed by atoms with Crippen molar-refractivity contribution in [2.45, 2.75) is 0 Å². The van der Waals surface area contributed by atoms with Crippen molar-refractivity contribution in [1.29, 1.82) is 0 Å². The number of hydrogen-bond acceptors (Lipinski definition) is 1. The third kappa shape index (κ3) is 0.816. The van der Waals surface area contributed by atoms with E-state index in [1.807, 2.05) is 0 Å². The molecule has 1 rings (SSSR count). The van der Waals surface area contributed by atoms with E-state index in [0.29, 0.717) is 0 Å². The first-order chi connectivity index (χ1) is 3.84. The number of rotatable bonds is 1. The van der Waals surface area contributed by atoms with Gasteiger partial charge in [0, 0.05) is 0 Å². The van der Waals surface area contributed by atoms with E-state index in [2.05, 4.69) is 32.7 Å². The second-order valence-corrected chi connectivity index (χ2v) is 2.19. The van der Waals surface area contributed by atoms with Crippen LogP contribution in [0.1, 0.15) is 5.69 Å². The van der Waals surface area contributed by atoms with Crippen molar-refractivity contribution < 1.29 is 0 Å². The highest BCUT2D eigenvalue weighted by molar-refractivity contribution is 9.10. The van der Waals surface area contributed by atoms with Crippen LogP contribution in [0.25, 0.3) is 6.08 Å². The van der Waals surface area contributed by atoms with Gasteiger partial charge in [-0.15, -0.1) is 0 Å². The van der Waals surface area contributed by atoms with Crippen molar-refractivity contribution >= 4 is 22.0 Å². The molecule has 1 aromatic heterocycles. The van der Waals surface area contributed by atoms with Crippen LogP contribution in [0.5, 0.6) is 0 Å². The molecule has 0 atom stereocenters. The topological polar surface area (TPSA) is 28.7 Å². The Bertz CT molecular complexity index is 192. The zero-order valence-corrected chi connectivity index (χ0v) is 5.77. The SMILES string of the molecule is C=Cc1[nH]ncc1Br. The van der Waals surface area contributed by atoms with E-state index < -0.39 is 0 Å². The minimum absolute atomic E-state index is 0.921. The quantitative estimate of drug-likeness (QED) is 0.689. The van der Waals surface area contributed by atoms with Gasteiger partial charge in [-0.2, -0.15) is 5.10 Å². The lowest BCUT2D eigenvalue weighted by atomic mass is 10.4. The maximum Gasteiger partial charge on any atom is 0.0714 e. The van der Waals surface area contributed by atoms with E-state index in [0.717, 1.165) is 10.2 Å². The smallest absolute Gasteiger partial charge is 0.0714 e. The van der Waals surface area contributed by atoms with Gasteiger partial charge in [0.1, 0.15) is 0 Å². The minimum Gasteiger partial charge on any atom is -0.277 e. The maximum absolute atomic E-state index is 3.75. The van der Waals surface area contributed by atoms with Crippen LogP contribution in [-0.2, 0) is 0 Å². The van der Waals surface area contributed by atoms with Gasteiger partial charge in [-0.3, -0.25) is 5.10 Å². The summed E-state index contributed by atoms with van der Waals surface area (Å²) in [7, 11) is 0. The Balaban J connectivity index is 3.09. The van der Waals surface area contributed by atoms with Crippen LogP contribution in [0, 0.1) is 0 Å². The molecule has 1 aromatic rings. The molecule has 0 saturated carbocycles. The van der Waals surface area contributed by atoms with Gasteiger partial charge in [0.15, 0.2) is 0 Å². The van der Waals surface area contributed by atoms with Gasteiger partial charge in [-0.05, 0) is 22.0 Å². The van der Waals surface area contributed by atoms with Gasteiger partial charge in [0.25, 0.3) is 0 Å². The van der Waals surface area contributed by atoms with Crippen molar-refractivity contribution in [3.8, 4) is 0 Å². The van der Waals surface area contributed by atoms with Crippen LogP contribution in [0.2, 0.25) is 0 Å². The van der Waals surface area contributed by atoms with Crippen LogP contribution in [0.15, 0.2) is 17.2 Å². The molecule has 0 aromatic carbocycles. The summed E-state index contributed by atoms with van der Waals surface area (Å²) in [6.45, 7) is 3.56. The average molecular weight is 173 g/mol. The summed E-state index contributed by atoms with van der Waals surface area (Å²) in [5, 5.41) is 6.49. The van der Waals surface area contributed by atoms with E-state index in [1.54, 1.807) is 12.3 Å². The zero-order valence-electron chi connectivity index (χ0n) is 4.19. The Morgan fingerprint density at radius 1 is 1.88 bits per heavy atom. The fourth-order valence-corrected chi connectivity index (χ4v) is 0.777. The molecule has 0 aliphatic carbocycles.